The third kappa shape index (κ3) is 7.38. The maximum atomic E-state index is 12.6. The molecule has 0 aliphatic rings. The molecule has 2 rings (SSSR count). The Morgan fingerprint density at radius 2 is 1.92 bits per heavy atom. The van der Waals surface area contributed by atoms with Crippen molar-refractivity contribution in [2.75, 3.05) is 26.0 Å². The summed E-state index contributed by atoms with van der Waals surface area (Å²) in [5.41, 5.74) is 6.74. The molecular weight excluding hydrogens is 356 g/mol. The summed E-state index contributed by atoms with van der Waals surface area (Å²) >= 11 is 1.53. The predicted molar refractivity (Wildman–Crippen MR) is 106 cm³/mol. The van der Waals surface area contributed by atoms with Gasteiger partial charge in [-0.2, -0.15) is 0 Å². The monoisotopic (exact) mass is 380 g/mol. The van der Waals surface area contributed by atoms with Crippen LogP contribution >= 0.6 is 24.2 Å². The zero-order valence-electron chi connectivity index (χ0n) is 14.4. The number of thioether (sulfide) groups is 1. The zero-order valence-corrected chi connectivity index (χ0v) is 16.0. The first-order valence-corrected chi connectivity index (χ1v) is 9.00. The van der Waals surface area contributed by atoms with E-state index in [1.54, 1.807) is 7.11 Å². The molecule has 0 saturated carbocycles. The highest BCUT2D eigenvalue weighted by Gasteiger charge is 2.14. The van der Waals surface area contributed by atoms with E-state index in [1.165, 1.54) is 11.8 Å². The van der Waals surface area contributed by atoms with Gasteiger partial charge < -0.3 is 15.4 Å². The molecule has 2 aromatic carbocycles. The quantitative estimate of drug-likeness (QED) is 0.675. The van der Waals surface area contributed by atoms with Crippen molar-refractivity contribution in [1.29, 1.82) is 0 Å². The second-order valence-electron chi connectivity index (χ2n) is 5.41. The third-order valence-corrected chi connectivity index (χ3v) is 4.58. The van der Waals surface area contributed by atoms with Gasteiger partial charge in [0.05, 0.1) is 12.9 Å². The summed E-state index contributed by atoms with van der Waals surface area (Å²) in [4.78, 5) is 15.5. The molecule has 136 valence electrons. The van der Waals surface area contributed by atoms with Gasteiger partial charge in [-0.25, -0.2) is 0 Å². The van der Waals surface area contributed by atoms with Crippen molar-refractivity contribution in [3.05, 3.63) is 60.2 Å². The number of methoxy groups -OCH3 is 1. The summed E-state index contributed by atoms with van der Waals surface area (Å²) < 4.78 is 5.22. The maximum Gasteiger partial charge on any atom is 0.233 e. The normalized spacial score (nSPS) is 10.0. The standard InChI is InChI=1S/C19H24N2O2S.ClH/c1-23-17-9-5-10-18(13-17)24-15-19(22)21(12-6-11-20)14-16-7-3-2-4-8-16;/h2-5,7-10,13H,6,11-12,14-15,20H2,1H3;1H. The minimum Gasteiger partial charge on any atom is -0.497 e. The number of nitrogens with zero attached hydrogens (tertiary/aromatic N) is 1. The second-order valence-corrected chi connectivity index (χ2v) is 6.46. The number of rotatable bonds is 9. The molecule has 0 heterocycles. The highest BCUT2D eigenvalue weighted by molar-refractivity contribution is 8.00. The van der Waals surface area contributed by atoms with Crippen LogP contribution in [-0.4, -0.2) is 36.8 Å². The van der Waals surface area contributed by atoms with E-state index in [2.05, 4.69) is 0 Å². The molecule has 0 aliphatic carbocycles. The molecule has 2 N–H and O–H groups in total. The van der Waals surface area contributed by atoms with Crippen molar-refractivity contribution in [3.8, 4) is 5.75 Å². The third-order valence-electron chi connectivity index (χ3n) is 3.60. The Bertz CT molecular complexity index is 640. The van der Waals surface area contributed by atoms with Gasteiger partial charge in [-0.3, -0.25) is 4.79 Å². The average Bonchev–Trinajstić information content (AvgIpc) is 2.64. The Hall–Kier alpha value is -1.69. The molecule has 0 saturated heterocycles. The average molecular weight is 381 g/mol. The minimum atomic E-state index is 0. The number of hydrogen-bond acceptors (Lipinski definition) is 4. The Kier molecular flexibility index (Phi) is 10.1. The maximum absolute atomic E-state index is 12.6. The topological polar surface area (TPSA) is 55.6 Å². The van der Waals surface area contributed by atoms with E-state index in [-0.39, 0.29) is 18.3 Å². The van der Waals surface area contributed by atoms with Crippen LogP contribution in [0.1, 0.15) is 12.0 Å². The van der Waals surface area contributed by atoms with Gasteiger partial charge in [-0.1, -0.05) is 36.4 Å². The van der Waals surface area contributed by atoms with E-state index in [0.717, 1.165) is 22.6 Å². The fraction of sp³-hybridized carbons (Fsp3) is 0.316. The van der Waals surface area contributed by atoms with Crippen LogP contribution in [0.15, 0.2) is 59.5 Å². The molecule has 0 aliphatic heterocycles. The van der Waals surface area contributed by atoms with Crippen LogP contribution in [-0.2, 0) is 11.3 Å². The van der Waals surface area contributed by atoms with Crippen LogP contribution in [0.3, 0.4) is 0 Å². The van der Waals surface area contributed by atoms with E-state index in [4.69, 9.17) is 10.5 Å². The molecule has 0 atom stereocenters. The van der Waals surface area contributed by atoms with Crippen molar-refractivity contribution in [2.24, 2.45) is 5.73 Å². The van der Waals surface area contributed by atoms with E-state index in [0.29, 0.717) is 25.4 Å². The van der Waals surface area contributed by atoms with Crippen molar-refractivity contribution in [3.63, 3.8) is 0 Å². The fourth-order valence-corrected chi connectivity index (χ4v) is 3.15. The van der Waals surface area contributed by atoms with Crippen molar-refractivity contribution in [2.45, 2.75) is 17.9 Å². The molecule has 0 bridgehead atoms. The molecule has 25 heavy (non-hydrogen) atoms. The van der Waals surface area contributed by atoms with Crippen molar-refractivity contribution >= 4 is 30.1 Å². The molecule has 0 radical (unpaired) electrons. The number of carbonyl (C=O) groups excluding carboxylic acids is 1. The Balaban J connectivity index is 0.00000312. The van der Waals surface area contributed by atoms with Crippen LogP contribution < -0.4 is 10.5 Å². The summed E-state index contributed by atoms with van der Waals surface area (Å²) in [6.45, 7) is 1.89. The lowest BCUT2D eigenvalue weighted by Gasteiger charge is -2.22. The minimum absolute atomic E-state index is 0. The van der Waals surface area contributed by atoms with Gasteiger partial charge in [0.15, 0.2) is 0 Å². The summed E-state index contributed by atoms with van der Waals surface area (Å²) in [7, 11) is 1.64. The lowest BCUT2D eigenvalue weighted by molar-refractivity contribution is -0.129. The van der Waals surface area contributed by atoms with Crippen LogP contribution in [0.25, 0.3) is 0 Å². The highest BCUT2D eigenvalue weighted by Crippen LogP contribution is 2.23. The second kappa shape index (κ2) is 11.8. The van der Waals surface area contributed by atoms with Crippen LogP contribution in [0.2, 0.25) is 0 Å². The molecular formula is C19H25ClN2O2S. The van der Waals surface area contributed by atoms with Gasteiger partial charge in [0.1, 0.15) is 5.75 Å². The molecule has 0 unspecified atom stereocenters. The highest BCUT2D eigenvalue weighted by atomic mass is 35.5. The first-order chi connectivity index (χ1) is 11.7. The largest absolute Gasteiger partial charge is 0.497 e. The van der Waals surface area contributed by atoms with Gasteiger partial charge in [0.25, 0.3) is 0 Å². The Morgan fingerprint density at radius 3 is 2.60 bits per heavy atom. The van der Waals surface area contributed by atoms with E-state index >= 15 is 0 Å². The molecule has 1 amide bonds. The number of nitrogens with two attached hydrogens (primary N) is 1. The first kappa shape index (κ1) is 21.4. The van der Waals surface area contributed by atoms with Crippen LogP contribution in [0.5, 0.6) is 5.75 Å². The first-order valence-electron chi connectivity index (χ1n) is 8.01. The molecule has 0 aromatic heterocycles. The number of hydrogen-bond donors (Lipinski definition) is 1. The summed E-state index contributed by atoms with van der Waals surface area (Å²) in [6.07, 6.45) is 0.808. The molecule has 2 aromatic rings. The van der Waals surface area contributed by atoms with Gasteiger partial charge in [-0.05, 0) is 36.7 Å². The predicted octanol–water partition coefficient (Wildman–Crippen LogP) is 3.59. The van der Waals surface area contributed by atoms with Crippen molar-refractivity contribution < 1.29 is 9.53 Å². The SMILES string of the molecule is COc1cccc(SCC(=O)N(CCCN)Cc2ccccc2)c1.Cl. The molecule has 0 spiro atoms. The summed E-state index contributed by atoms with van der Waals surface area (Å²) in [6, 6.07) is 17.8. The van der Waals surface area contributed by atoms with E-state index in [1.807, 2.05) is 59.5 Å². The molecule has 6 heteroatoms. The van der Waals surface area contributed by atoms with E-state index < -0.39 is 0 Å². The number of amides is 1. The van der Waals surface area contributed by atoms with Gasteiger partial charge in [-0.15, -0.1) is 24.2 Å². The molecule has 4 nitrogen and oxygen atoms in total. The lowest BCUT2D eigenvalue weighted by Crippen LogP contribution is -2.33. The number of carbonyl (C=O) groups is 1. The molecule has 0 fully saturated rings. The van der Waals surface area contributed by atoms with Gasteiger partial charge >= 0.3 is 0 Å². The van der Waals surface area contributed by atoms with Crippen LogP contribution in [0.4, 0.5) is 0 Å². The van der Waals surface area contributed by atoms with Crippen LogP contribution in [0, 0.1) is 0 Å². The fourth-order valence-electron chi connectivity index (χ4n) is 2.31. The van der Waals surface area contributed by atoms with Gasteiger partial charge in [0.2, 0.25) is 5.91 Å². The number of halogens is 1. The lowest BCUT2D eigenvalue weighted by atomic mass is 10.2. The van der Waals surface area contributed by atoms with Gasteiger partial charge in [0, 0.05) is 18.0 Å². The Labute approximate surface area is 160 Å². The zero-order chi connectivity index (χ0) is 17.2. The van der Waals surface area contributed by atoms with Crippen molar-refractivity contribution in [1.82, 2.24) is 4.90 Å². The smallest absolute Gasteiger partial charge is 0.233 e. The Morgan fingerprint density at radius 1 is 1.16 bits per heavy atom. The number of ether oxygens (including phenoxy) is 1. The number of benzene rings is 2. The summed E-state index contributed by atoms with van der Waals surface area (Å²) in [5, 5.41) is 0. The summed E-state index contributed by atoms with van der Waals surface area (Å²) in [5.74, 6) is 1.33. The van der Waals surface area contributed by atoms with E-state index in [9.17, 15) is 4.79 Å².